The molecule has 0 atom stereocenters. The third-order valence-corrected chi connectivity index (χ3v) is 4.07. The second-order valence-corrected chi connectivity index (χ2v) is 5.38. The Morgan fingerprint density at radius 1 is 1.42 bits per heavy atom. The van der Waals surface area contributed by atoms with Crippen molar-refractivity contribution in [3.63, 3.8) is 0 Å². The summed E-state index contributed by atoms with van der Waals surface area (Å²) in [5.41, 5.74) is -0.137. The molecule has 2 nitrogen and oxygen atoms in total. The molecule has 0 bridgehead atoms. The van der Waals surface area contributed by atoms with Crippen LogP contribution in [0.4, 0.5) is 4.39 Å². The molecule has 1 fully saturated rings. The highest BCUT2D eigenvalue weighted by Crippen LogP contribution is 2.35. The number of carbonyl (C=O) groups excluding carboxylic acids is 1. The number of ketones is 1. The van der Waals surface area contributed by atoms with Gasteiger partial charge in [0.2, 0.25) is 0 Å². The second-order valence-electron chi connectivity index (χ2n) is 4.97. The molecule has 0 amide bonds. The fraction of sp³-hybridized carbons (Fsp3) is 0.533. The van der Waals surface area contributed by atoms with E-state index in [1.165, 1.54) is 18.2 Å². The lowest BCUT2D eigenvalue weighted by molar-refractivity contribution is -0.142. The van der Waals surface area contributed by atoms with Crippen molar-refractivity contribution in [2.45, 2.75) is 44.6 Å². The topological polar surface area (TPSA) is 26.3 Å². The van der Waals surface area contributed by atoms with Crippen molar-refractivity contribution in [1.29, 1.82) is 0 Å². The van der Waals surface area contributed by atoms with E-state index < -0.39 is 5.60 Å². The lowest BCUT2D eigenvalue weighted by atomic mass is 9.91. The zero-order valence-electron chi connectivity index (χ0n) is 11.0. The summed E-state index contributed by atoms with van der Waals surface area (Å²) in [6.45, 7) is 2.41. The van der Waals surface area contributed by atoms with E-state index in [4.69, 9.17) is 16.3 Å². The van der Waals surface area contributed by atoms with Gasteiger partial charge in [-0.2, -0.15) is 0 Å². The molecule has 0 unspecified atom stereocenters. The van der Waals surface area contributed by atoms with Gasteiger partial charge >= 0.3 is 0 Å². The Labute approximate surface area is 117 Å². The second kappa shape index (κ2) is 6.02. The van der Waals surface area contributed by atoms with E-state index in [2.05, 4.69) is 0 Å². The first-order valence-corrected chi connectivity index (χ1v) is 7.06. The molecule has 4 heteroatoms. The predicted molar refractivity (Wildman–Crippen MR) is 72.9 cm³/mol. The van der Waals surface area contributed by atoms with E-state index in [0.717, 1.165) is 25.7 Å². The molecule has 1 aliphatic rings. The quantitative estimate of drug-likeness (QED) is 0.819. The Hall–Kier alpha value is -0.930. The molecule has 2 rings (SSSR count). The third kappa shape index (κ3) is 3.15. The van der Waals surface area contributed by atoms with Crippen LogP contribution in [0.25, 0.3) is 0 Å². The summed E-state index contributed by atoms with van der Waals surface area (Å²) in [6, 6.07) is 4.11. The van der Waals surface area contributed by atoms with Crippen molar-refractivity contribution >= 4 is 17.4 Å². The van der Waals surface area contributed by atoms with Crippen LogP contribution in [0.1, 0.15) is 38.2 Å². The van der Waals surface area contributed by atoms with Gasteiger partial charge in [-0.05, 0) is 56.4 Å². The molecule has 0 N–H and O–H groups in total. The number of benzene rings is 1. The Kier molecular flexibility index (Phi) is 4.58. The minimum atomic E-state index is -0.676. The van der Waals surface area contributed by atoms with Crippen LogP contribution in [-0.4, -0.2) is 18.0 Å². The fourth-order valence-electron chi connectivity index (χ4n) is 2.74. The first-order valence-electron chi connectivity index (χ1n) is 6.68. The maximum Gasteiger partial charge on any atom is 0.169 e. The van der Waals surface area contributed by atoms with Crippen LogP contribution in [0.3, 0.4) is 0 Å². The first kappa shape index (κ1) is 14.5. The molecular weight excluding hydrogens is 267 g/mol. The summed E-state index contributed by atoms with van der Waals surface area (Å²) in [6.07, 6.45) is 3.65. The van der Waals surface area contributed by atoms with Gasteiger partial charge in [0.05, 0.1) is 0 Å². The Bertz CT molecular complexity index is 467. The molecular formula is C15H18ClFO2. The standard InChI is InChI=1S/C15H18ClFO2/c1-2-19-15(7-3-4-8-15)14(18)10-11-9-12(17)5-6-13(11)16/h5-6,9H,2-4,7-8,10H2,1H3. The monoisotopic (exact) mass is 284 g/mol. The van der Waals surface area contributed by atoms with E-state index >= 15 is 0 Å². The molecule has 0 saturated heterocycles. The van der Waals surface area contributed by atoms with Crippen LogP contribution in [0.15, 0.2) is 18.2 Å². The molecule has 0 aliphatic heterocycles. The van der Waals surface area contributed by atoms with Crippen molar-refractivity contribution < 1.29 is 13.9 Å². The van der Waals surface area contributed by atoms with Gasteiger partial charge in [-0.25, -0.2) is 4.39 Å². The summed E-state index contributed by atoms with van der Waals surface area (Å²) in [4.78, 5) is 12.5. The third-order valence-electron chi connectivity index (χ3n) is 3.70. The molecule has 1 saturated carbocycles. The van der Waals surface area contributed by atoms with Crippen molar-refractivity contribution in [3.05, 3.63) is 34.6 Å². The zero-order chi connectivity index (χ0) is 13.9. The molecule has 19 heavy (non-hydrogen) atoms. The van der Waals surface area contributed by atoms with E-state index in [1.54, 1.807) is 0 Å². The molecule has 0 heterocycles. The predicted octanol–water partition coefficient (Wildman–Crippen LogP) is 3.94. The molecule has 0 spiro atoms. The lowest BCUT2D eigenvalue weighted by Crippen LogP contribution is -2.40. The number of rotatable bonds is 5. The van der Waals surface area contributed by atoms with Crippen LogP contribution < -0.4 is 0 Å². The van der Waals surface area contributed by atoms with Gasteiger partial charge in [-0.3, -0.25) is 4.79 Å². The van der Waals surface area contributed by atoms with Crippen molar-refractivity contribution in [1.82, 2.24) is 0 Å². The summed E-state index contributed by atoms with van der Waals surface area (Å²) < 4.78 is 18.9. The van der Waals surface area contributed by atoms with Gasteiger partial charge in [0.25, 0.3) is 0 Å². The minimum Gasteiger partial charge on any atom is -0.367 e. The molecule has 0 radical (unpaired) electrons. The van der Waals surface area contributed by atoms with Crippen LogP contribution in [0, 0.1) is 5.82 Å². The average Bonchev–Trinajstić information content (AvgIpc) is 2.84. The Balaban J connectivity index is 2.17. The van der Waals surface area contributed by atoms with Crippen LogP contribution in [0.5, 0.6) is 0 Å². The SMILES string of the molecule is CCOC1(C(=O)Cc2cc(F)ccc2Cl)CCCC1. The van der Waals surface area contributed by atoms with Gasteiger partial charge in [0, 0.05) is 18.1 Å². The summed E-state index contributed by atoms with van der Waals surface area (Å²) >= 11 is 6.01. The van der Waals surface area contributed by atoms with E-state index in [-0.39, 0.29) is 18.0 Å². The van der Waals surface area contributed by atoms with Crippen molar-refractivity contribution in [2.24, 2.45) is 0 Å². The van der Waals surface area contributed by atoms with E-state index in [9.17, 15) is 9.18 Å². The molecule has 1 aromatic rings. The normalized spacial score (nSPS) is 17.6. The smallest absolute Gasteiger partial charge is 0.169 e. The Morgan fingerprint density at radius 2 is 2.11 bits per heavy atom. The summed E-state index contributed by atoms with van der Waals surface area (Å²) in [5.74, 6) is -0.358. The van der Waals surface area contributed by atoms with Gasteiger partial charge < -0.3 is 4.74 Å². The highest BCUT2D eigenvalue weighted by Gasteiger charge is 2.41. The lowest BCUT2D eigenvalue weighted by Gasteiger charge is -2.27. The number of hydrogen-bond acceptors (Lipinski definition) is 2. The highest BCUT2D eigenvalue weighted by atomic mass is 35.5. The van der Waals surface area contributed by atoms with Gasteiger partial charge in [-0.1, -0.05) is 11.6 Å². The number of ether oxygens (including phenoxy) is 1. The van der Waals surface area contributed by atoms with E-state index in [1.807, 2.05) is 6.92 Å². The van der Waals surface area contributed by atoms with E-state index in [0.29, 0.717) is 17.2 Å². The average molecular weight is 285 g/mol. The van der Waals surface area contributed by atoms with Crippen molar-refractivity contribution in [2.75, 3.05) is 6.61 Å². The zero-order valence-corrected chi connectivity index (χ0v) is 11.8. The molecule has 1 aromatic carbocycles. The maximum absolute atomic E-state index is 13.2. The number of halogens is 2. The Morgan fingerprint density at radius 3 is 2.74 bits per heavy atom. The number of Topliss-reactive ketones (excluding diaryl/α,β-unsaturated/α-hetero) is 1. The molecule has 1 aliphatic carbocycles. The summed E-state index contributed by atoms with van der Waals surface area (Å²) in [5, 5.41) is 0.430. The van der Waals surface area contributed by atoms with Gasteiger partial charge in [-0.15, -0.1) is 0 Å². The highest BCUT2D eigenvalue weighted by molar-refractivity contribution is 6.31. The van der Waals surface area contributed by atoms with Gasteiger partial charge in [0.1, 0.15) is 11.4 Å². The first-order chi connectivity index (χ1) is 9.07. The van der Waals surface area contributed by atoms with Crippen LogP contribution in [0.2, 0.25) is 5.02 Å². The largest absolute Gasteiger partial charge is 0.367 e. The molecule has 0 aromatic heterocycles. The minimum absolute atomic E-state index is 0.0133. The molecule has 104 valence electrons. The fourth-order valence-corrected chi connectivity index (χ4v) is 2.92. The maximum atomic E-state index is 13.2. The number of carbonyl (C=O) groups is 1. The van der Waals surface area contributed by atoms with Crippen molar-refractivity contribution in [3.8, 4) is 0 Å². The van der Waals surface area contributed by atoms with Crippen LogP contribution >= 0.6 is 11.6 Å². The number of hydrogen-bond donors (Lipinski definition) is 0. The summed E-state index contributed by atoms with van der Waals surface area (Å²) in [7, 11) is 0. The van der Waals surface area contributed by atoms with Crippen LogP contribution in [-0.2, 0) is 16.0 Å². The van der Waals surface area contributed by atoms with Gasteiger partial charge in [0.15, 0.2) is 5.78 Å².